The molecule has 1 heterocycles. The van der Waals surface area contributed by atoms with Crippen LogP contribution in [0.25, 0.3) is 0 Å². The topological polar surface area (TPSA) is 85.1 Å². The third kappa shape index (κ3) is 2.70. The van der Waals surface area contributed by atoms with E-state index in [9.17, 15) is 17.2 Å². The van der Waals surface area contributed by atoms with Crippen LogP contribution in [0.15, 0.2) is 21.6 Å². The van der Waals surface area contributed by atoms with E-state index in [4.69, 9.17) is 0 Å². The Balaban J connectivity index is 2.42. The summed E-state index contributed by atoms with van der Waals surface area (Å²) in [5.41, 5.74) is 0.00635. The van der Waals surface area contributed by atoms with Crippen molar-refractivity contribution in [3.8, 4) is 0 Å². The van der Waals surface area contributed by atoms with Crippen molar-refractivity contribution in [1.82, 2.24) is 10.1 Å². The highest BCUT2D eigenvalue weighted by Gasteiger charge is 2.23. The van der Waals surface area contributed by atoms with Gasteiger partial charge in [-0.1, -0.05) is 0 Å². The lowest BCUT2D eigenvalue weighted by Crippen LogP contribution is -2.16. The molecule has 0 spiro atoms. The van der Waals surface area contributed by atoms with Crippen LogP contribution in [0, 0.1) is 25.5 Å². The quantitative estimate of drug-likeness (QED) is 0.930. The van der Waals surface area contributed by atoms with Crippen molar-refractivity contribution in [3.05, 3.63) is 35.2 Å². The zero-order valence-electron chi connectivity index (χ0n) is 9.94. The van der Waals surface area contributed by atoms with E-state index in [-0.39, 0.29) is 17.4 Å². The van der Waals surface area contributed by atoms with E-state index in [0.717, 1.165) is 6.07 Å². The van der Waals surface area contributed by atoms with E-state index in [2.05, 4.69) is 14.7 Å². The first-order valence-electron chi connectivity index (χ1n) is 5.08. The Morgan fingerprint density at radius 3 is 2.47 bits per heavy atom. The molecule has 0 aliphatic heterocycles. The smallest absolute Gasteiger partial charge is 0.277 e. The average molecular weight is 289 g/mol. The molecule has 6 nitrogen and oxygen atoms in total. The number of anilines is 1. The molecule has 0 amide bonds. The number of hydrogen-bond acceptors (Lipinski definition) is 5. The second-order valence-corrected chi connectivity index (χ2v) is 5.43. The van der Waals surface area contributed by atoms with Gasteiger partial charge in [-0.05, 0) is 29.8 Å². The van der Waals surface area contributed by atoms with Crippen molar-refractivity contribution in [2.75, 3.05) is 4.72 Å². The molecule has 0 unspecified atom stereocenters. The van der Waals surface area contributed by atoms with Gasteiger partial charge in [-0.2, -0.15) is 4.98 Å². The van der Waals surface area contributed by atoms with E-state index < -0.39 is 26.6 Å². The van der Waals surface area contributed by atoms with Gasteiger partial charge >= 0.3 is 0 Å². The summed E-state index contributed by atoms with van der Waals surface area (Å²) in [5, 5.41) is 3.30. The molecular weight excluding hydrogens is 280 g/mol. The number of aryl methyl sites for hydroxylation is 2. The van der Waals surface area contributed by atoms with Crippen LogP contribution in [0.4, 0.5) is 14.7 Å². The highest BCUT2D eigenvalue weighted by Crippen LogP contribution is 2.20. The minimum absolute atomic E-state index is 0.00635. The fraction of sp³-hybridized carbons (Fsp3) is 0.200. The summed E-state index contributed by atoms with van der Waals surface area (Å²) in [7, 11) is -4.32. The van der Waals surface area contributed by atoms with Gasteiger partial charge in [0.1, 0.15) is 16.5 Å². The second-order valence-electron chi connectivity index (χ2n) is 3.77. The molecule has 1 aromatic heterocycles. The molecular formula is C10H9F2N3O3S. The third-order valence-electron chi connectivity index (χ3n) is 2.26. The third-order valence-corrected chi connectivity index (χ3v) is 3.60. The molecule has 1 N–H and O–H groups in total. The largest absolute Gasteiger partial charge is 0.338 e. The molecule has 0 radical (unpaired) electrons. The first-order chi connectivity index (χ1) is 8.79. The van der Waals surface area contributed by atoms with Gasteiger partial charge < -0.3 is 4.52 Å². The van der Waals surface area contributed by atoms with Gasteiger partial charge in [-0.25, -0.2) is 21.9 Å². The van der Waals surface area contributed by atoms with Gasteiger partial charge in [-0.15, -0.1) is 0 Å². The first-order valence-corrected chi connectivity index (χ1v) is 6.56. The lowest BCUT2D eigenvalue weighted by molar-refractivity contribution is 0.395. The number of nitrogens with one attached hydrogen (secondary N) is 1. The Morgan fingerprint density at radius 2 is 1.89 bits per heavy atom. The zero-order valence-corrected chi connectivity index (χ0v) is 10.8. The molecule has 0 aliphatic carbocycles. The zero-order chi connectivity index (χ0) is 14.2. The number of sulfonamides is 1. The molecule has 2 rings (SSSR count). The first kappa shape index (κ1) is 13.4. The molecule has 0 atom stereocenters. The summed E-state index contributed by atoms with van der Waals surface area (Å²) in [4.78, 5) is 2.79. The maximum atomic E-state index is 13.6. The maximum Gasteiger partial charge on any atom is 0.277 e. The molecule has 0 saturated heterocycles. The lowest BCUT2D eigenvalue weighted by atomic mass is 10.2. The molecule has 0 fully saturated rings. The predicted octanol–water partition coefficient (Wildman–Crippen LogP) is 1.77. The minimum atomic E-state index is -4.32. The maximum absolute atomic E-state index is 13.6. The standard InChI is InChI=1S/C10H9F2N3O3S/c1-5-3-8(12)9(4-7(5)11)19(16,17)15-10-13-6(2)18-14-10/h3-4H,1-2H3,(H,14,15). The number of rotatable bonds is 3. The van der Waals surface area contributed by atoms with Gasteiger partial charge in [-0.3, -0.25) is 0 Å². The van der Waals surface area contributed by atoms with E-state index in [1.54, 1.807) is 0 Å². The Bertz CT molecular complexity index is 728. The fourth-order valence-corrected chi connectivity index (χ4v) is 2.36. The van der Waals surface area contributed by atoms with Crippen LogP contribution >= 0.6 is 0 Å². The molecule has 0 saturated carbocycles. The average Bonchev–Trinajstić information content (AvgIpc) is 2.68. The van der Waals surface area contributed by atoms with E-state index in [1.165, 1.54) is 13.8 Å². The van der Waals surface area contributed by atoms with Gasteiger partial charge in [0.05, 0.1) is 0 Å². The SMILES string of the molecule is Cc1nc(NS(=O)(=O)c2cc(F)c(C)cc2F)no1. The van der Waals surface area contributed by atoms with Crippen molar-refractivity contribution in [2.24, 2.45) is 0 Å². The van der Waals surface area contributed by atoms with Crippen molar-refractivity contribution in [3.63, 3.8) is 0 Å². The number of aromatic nitrogens is 2. The molecule has 102 valence electrons. The molecule has 2 aromatic rings. The van der Waals surface area contributed by atoms with Crippen molar-refractivity contribution < 1.29 is 21.7 Å². The summed E-state index contributed by atoms with van der Waals surface area (Å²) in [6.45, 7) is 2.78. The Hall–Kier alpha value is -2.03. The summed E-state index contributed by atoms with van der Waals surface area (Å²) in [5.74, 6) is -2.11. The monoisotopic (exact) mass is 289 g/mol. The van der Waals surface area contributed by atoms with E-state index in [1.807, 2.05) is 4.72 Å². The Labute approximate surface area is 107 Å². The number of halogens is 2. The van der Waals surface area contributed by atoms with E-state index in [0.29, 0.717) is 6.07 Å². The number of benzene rings is 1. The summed E-state index contributed by atoms with van der Waals surface area (Å²) in [6, 6.07) is 1.39. The van der Waals surface area contributed by atoms with Gasteiger partial charge in [0.15, 0.2) is 0 Å². The van der Waals surface area contributed by atoms with Crippen LogP contribution in [0.2, 0.25) is 0 Å². The van der Waals surface area contributed by atoms with Crippen LogP contribution in [0.1, 0.15) is 11.5 Å². The fourth-order valence-electron chi connectivity index (χ4n) is 1.35. The molecule has 19 heavy (non-hydrogen) atoms. The van der Waals surface area contributed by atoms with Crippen molar-refractivity contribution in [1.29, 1.82) is 0 Å². The van der Waals surface area contributed by atoms with Crippen LogP contribution < -0.4 is 4.72 Å². The highest BCUT2D eigenvalue weighted by atomic mass is 32.2. The molecule has 0 aliphatic rings. The lowest BCUT2D eigenvalue weighted by Gasteiger charge is -2.06. The van der Waals surface area contributed by atoms with Gasteiger partial charge in [0.2, 0.25) is 5.89 Å². The highest BCUT2D eigenvalue weighted by molar-refractivity contribution is 7.92. The van der Waals surface area contributed by atoms with Gasteiger partial charge in [0.25, 0.3) is 16.0 Å². The van der Waals surface area contributed by atoms with Gasteiger partial charge in [0, 0.05) is 6.92 Å². The molecule has 9 heteroatoms. The molecule has 0 bridgehead atoms. The number of nitrogens with zero attached hydrogens (tertiary/aromatic N) is 2. The van der Waals surface area contributed by atoms with Crippen LogP contribution in [0.5, 0.6) is 0 Å². The predicted molar refractivity (Wildman–Crippen MR) is 60.9 cm³/mol. The molecule has 1 aromatic carbocycles. The van der Waals surface area contributed by atoms with Crippen molar-refractivity contribution >= 4 is 16.0 Å². The summed E-state index contributed by atoms with van der Waals surface area (Å²) in [6.07, 6.45) is 0. The van der Waals surface area contributed by atoms with Crippen LogP contribution in [0.3, 0.4) is 0 Å². The Kier molecular flexibility index (Phi) is 3.23. The summed E-state index contributed by atoms with van der Waals surface area (Å²) < 4.78 is 57.1. The van der Waals surface area contributed by atoms with Crippen molar-refractivity contribution in [2.45, 2.75) is 18.7 Å². The normalized spacial score (nSPS) is 11.6. The van der Waals surface area contributed by atoms with Crippen LogP contribution in [-0.4, -0.2) is 18.6 Å². The Morgan fingerprint density at radius 1 is 1.21 bits per heavy atom. The van der Waals surface area contributed by atoms with E-state index >= 15 is 0 Å². The summed E-state index contributed by atoms with van der Waals surface area (Å²) >= 11 is 0. The second kappa shape index (κ2) is 4.57. The van der Waals surface area contributed by atoms with Crippen LogP contribution in [-0.2, 0) is 10.0 Å². The number of hydrogen-bond donors (Lipinski definition) is 1. The minimum Gasteiger partial charge on any atom is -0.338 e.